The maximum Gasteiger partial charge on any atom is 0.272 e. The van der Waals surface area contributed by atoms with Crippen molar-refractivity contribution in [1.29, 1.82) is 0 Å². The Labute approximate surface area is 236 Å². The van der Waals surface area contributed by atoms with Crippen molar-refractivity contribution in [3.63, 3.8) is 0 Å². The normalized spacial score (nSPS) is 11.0. The van der Waals surface area contributed by atoms with Crippen LogP contribution >= 0.6 is 23.4 Å². The number of anilines is 2. The predicted molar refractivity (Wildman–Crippen MR) is 159 cm³/mol. The highest BCUT2D eigenvalue weighted by Gasteiger charge is 2.16. The Bertz CT molecular complexity index is 1510. The van der Waals surface area contributed by atoms with Crippen LogP contribution in [-0.2, 0) is 9.59 Å². The number of aryl methyl sites for hydroxylation is 1. The average molecular weight is 556 g/mol. The van der Waals surface area contributed by atoms with E-state index in [4.69, 9.17) is 11.6 Å². The van der Waals surface area contributed by atoms with E-state index in [0.717, 1.165) is 16.0 Å². The lowest BCUT2D eigenvalue weighted by Crippen LogP contribution is -2.30. The van der Waals surface area contributed by atoms with Crippen molar-refractivity contribution in [2.45, 2.75) is 11.8 Å². The monoisotopic (exact) mass is 555 g/mol. The van der Waals surface area contributed by atoms with Crippen LogP contribution in [0.15, 0.2) is 114 Å². The van der Waals surface area contributed by atoms with E-state index in [0.29, 0.717) is 22.0 Å². The van der Waals surface area contributed by atoms with Crippen molar-refractivity contribution in [3.8, 4) is 0 Å². The third-order valence-electron chi connectivity index (χ3n) is 5.65. The topological polar surface area (TPSA) is 87.3 Å². The van der Waals surface area contributed by atoms with Crippen LogP contribution in [0.25, 0.3) is 6.08 Å². The molecule has 3 N–H and O–H groups in total. The molecule has 0 atom stereocenters. The second-order valence-electron chi connectivity index (χ2n) is 8.53. The minimum Gasteiger partial charge on any atom is -0.324 e. The van der Waals surface area contributed by atoms with Crippen LogP contribution in [0.4, 0.5) is 11.4 Å². The van der Waals surface area contributed by atoms with E-state index in [1.165, 1.54) is 11.8 Å². The second-order valence-corrected chi connectivity index (χ2v) is 9.99. The quantitative estimate of drug-likeness (QED) is 0.157. The van der Waals surface area contributed by atoms with E-state index < -0.39 is 5.91 Å². The molecule has 0 aliphatic rings. The number of hydrogen-bond acceptors (Lipinski definition) is 4. The van der Waals surface area contributed by atoms with Crippen molar-refractivity contribution in [1.82, 2.24) is 5.32 Å². The van der Waals surface area contributed by atoms with Gasteiger partial charge in [0.2, 0.25) is 5.91 Å². The lowest BCUT2D eigenvalue weighted by Gasteiger charge is -2.12. The molecule has 0 heterocycles. The summed E-state index contributed by atoms with van der Waals surface area (Å²) in [7, 11) is 0. The number of nitrogens with one attached hydrogen (secondary N) is 3. The van der Waals surface area contributed by atoms with Gasteiger partial charge in [-0.05, 0) is 72.7 Å². The zero-order chi connectivity index (χ0) is 27.6. The summed E-state index contributed by atoms with van der Waals surface area (Å²) in [5.74, 6) is -0.814. The Balaban J connectivity index is 1.41. The predicted octanol–water partition coefficient (Wildman–Crippen LogP) is 6.79. The Kier molecular flexibility index (Phi) is 9.56. The maximum absolute atomic E-state index is 13.2. The fraction of sp³-hybridized carbons (Fsp3) is 0.0645. The summed E-state index contributed by atoms with van der Waals surface area (Å²) in [6.45, 7) is 1.94. The molecule has 0 saturated carbocycles. The van der Waals surface area contributed by atoms with Crippen LogP contribution in [0, 0.1) is 6.92 Å². The summed E-state index contributed by atoms with van der Waals surface area (Å²) in [4.78, 5) is 39.2. The van der Waals surface area contributed by atoms with Crippen molar-refractivity contribution in [2.75, 3.05) is 16.4 Å². The Morgan fingerprint density at radius 1 is 0.795 bits per heavy atom. The summed E-state index contributed by atoms with van der Waals surface area (Å²) >= 11 is 7.46. The summed E-state index contributed by atoms with van der Waals surface area (Å²) in [5.41, 5.74) is 3.47. The van der Waals surface area contributed by atoms with Crippen LogP contribution in [0.2, 0.25) is 5.02 Å². The molecule has 8 heteroatoms. The van der Waals surface area contributed by atoms with E-state index in [1.54, 1.807) is 66.7 Å². The maximum atomic E-state index is 13.2. The number of para-hydroxylation sites is 1. The third-order valence-corrected chi connectivity index (χ3v) is 6.99. The van der Waals surface area contributed by atoms with Gasteiger partial charge in [0, 0.05) is 16.1 Å². The van der Waals surface area contributed by atoms with Gasteiger partial charge in [0.25, 0.3) is 11.8 Å². The lowest BCUT2D eigenvalue weighted by atomic mass is 10.1. The van der Waals surface area contributed by atoms with Gasteiger partial charge in [-0.3, -0.25) is 14.4 Å². The number of rotatable bonds is 9. The number of halogens is 1. The molecule has 4 rings (SSSR count). The van der Waals surface area contributed by atoms with Gasteiger partial charge in [-0.1, -0.05) is 66.2 Å². The first-order chi connectivity index (χ1) is 18.9. The molecule has 39 heavy (non-hydrogen) atoms. The Morgan fingerprint density at radius 3 is 2.18 bits per heavy atom. The molecule has 0 aliphatic heterocycles. The Hall–Kier alpha value is -4.33. The van der Waals surface area contributed by atoms with Gasteiger partial charge in [0.15, 0.2) is 0 Å². The number of amides is 3. The molecule has 0 spiro atoms. The molecule has 6 nitrogen and oxygen atoms in total. The van der Waals surface area contributed by atoms with Crippen molar-refractivity contribution < 1.29 is 14.4 Å². The summed E-state index contributed by atoms with van der Waals surface area (Å²) in [6, 6.07) is 30.5. The van der Waals surface area contributed by atoms with Gasteiger partial charge >= 0.3 is 0 Å². The number of carbonyl (C=O) groups is 3. The molecule has 196 valence electrons. The Morgan fingerprint density at radius 2 is 1.46 bits per heavy atom. The molecule has 0 fully saturated rings. The number of hydrogen-bond donors (Lipinski definition) is 3. The molecule has 0 bridgehead atoms. The molecular weight excluding hydrogens is 530 g/mol. The van der Waals surface area contributed by atoms with Gasteiger partial charge in [0.05, 0.1) is 16.5 Å². The molecule has 0 aliphatic carbocycles. The van der Waals surface area contributed by atoms with Crippen molar-refractivity contribution >= 4 is 58.5 Å². The van der Waals surface area contributed by atoms with Gasteiger partial charge < -0.3 is 16.0 Å². The molecule has 0 saturated heterocycles. The van der Waals surface area contributed by atoms with Crippen LogP contribution in [0.1, 0.15) is 21.5 Å². The van der Waals surface area contributed by atoms with Crippen LogP contribution in [-0.4, -0.2) is 23.5 Å². The smallest absolute Gasteiger partial charge is 0.272 e. The average Bonchev–Trinajstić information content (AvgIpc) is 2.95. The number of benzene rings is 4. The SMILES string of the molecule is Cc1ccccc1/C=C(\NC(=O)c1ccccc1)C(=O)Nc1ccc(SCC(=O)Nc2ccccc2Cl)cc1. The fourth-order valence-electron chi connectivity index (χ4n) is 3.58. The van der Waals surface area contributed by atoms with Gasteiger partial charge in [-0.2, -0.15) is 0 Å². The molecule has 0 unspecified atom stereocenters. The minimum atomic E-state index is -0.456. The van der Waals surface area contributed by atoms with Crippen LogP contribution in [0.3, 0.4) is 0 Å². The summed E-state index contributed by atoms with van der Waals surface area (Å²) in [6.07, 6.45) is 1.66. The van der Waals surface area contributed by atoms with E-state index >= 15 is 0 Å². The van der Waals surface area contributed by atoms with Crippen molar-refractivity contribution in [2.24, 2.45) is 0 Å². The molecule has 4 aromatic rings. The van der Waals surface area contributed by atoms with Crippen LogP contribution < -0.4 is 16.0 Å². The minimum absolute atomic E-state index is 0.118. The van der Waals surface area contributed by atoms with Gasteiger partial charge in [-0.25, -0.2) is 0 Å². The zero-order valence-corrected chi connectivity index (χ0v) is 22.7. The molecule has 4 aromatic carbocycles. The first kappa shape index (κ1) is 27.7. The third kappa shape index (κ3) is 8.07. The molecule has 3 amide bonds. The van der Waals surface area contributed by atoms with Gasteiger partial charge in [-0.15, -0.1) is 11.8 Å². The van der Waals surface area contributed by atoms with E-state index in [-0.39, 0.29) is 23.3 Å². The second kappa shape index (κ2) is 13.5. The molecular formula is C31H26ClN3O3S. The first-order valence-electron chi connectivity index (χ1n) is 12.1. The lowest BCUT2D eigenvalue weighted by molar-refractivity contribution is -0.114. The van der Waals surface area contributed by atoms with Crippen molar-refractivity contribution in [3.05, 3.63) is 131 Å². The molecule has 0 aromatic heterocycles. The largest absolute Gasteiger partial charge is 0.324 e. The van der Waals surface area contributed by atoms with Crippen LogP contribution in [0.5, 0.6) is 0 Å². The fourth-order valence-corrected chi connectivity index (χ4v) is 4.46. The highest BCUT2D eigenvalue weighted by Crippen LogP contribution is 2.23. The molecule has 0 radical (unpaired) electrons. The van der Waals surface area contributed by atoms with Gasteiger partial charge in [0.1, 0.15) is 5.70 Å². The first-order valence-corrected chi connectivity index (χ1v) is 13.5. The zero-order valence-electron chi connectivity index (χ0n) is 21.1. The highest BCUT2D eigenvalue weighted by molar-refractivity contribution is 8.00. The number of thioether (sulfide) groups is 1. The standard InChI is InChI=1S/C31H26ClN3O3S/c1-21-9-5-6-12-23(21)19-28(35-30(37)22-10-3-2-4-11-22)31(38)33-24-15-17-25(18-16-24)39-20-29(36)34-27-14-8-7-13-26(27)32/h2-19H,20H2,1H3,(H,33,38)(H,34,36)(H,35,37)/b28-19-. The van der Waals surface area contributed by atoms with E-state index in [1.807, 2.05) is 49.4 Å². The van der Waals surface area contributed by atoms with E-state index in [2.05, 4.69) is 16.0 Å². The highest BCUT2D eigenvalue weighted by atomic mass is 35.5. The summed E-state index contributed by atoms with van der Waals surface area (Å²) < 4.78 is 0. The number of carbonyl (C=O) groups excluding carboxylic acids is 3. The van der Waals surface area contributed by atoms with E-state index in [9.17, 15) is 14.4 Å². The summed E-state index contributed by atoms with van der Waals surface area (Å²) in [5, 5.41) is 8.86.